The molecule has 0 heterocycles. The van der Waals surface area contributed by atoms with Crippen molar-refractivity contribution in [3.8, 4) is 5.75 Å². The highest BCUT2D eigenvalue weighted by Crippen LogP contribution is 2.27. The molecule has 1 N–H and O–H groups in total. The molecule has 0 radical (unpaired) electrons. The smallest absolute Gasteiger partial charge is 0.247 e. The van der Waals surface area contributed by atoms with Crippen LogP contribution in [-0.2, 0) is 21.4 Å². The highest BCUT2D eigenvalue weighted by atomic mass is 35.5. The number of sulfonamides is 1. The lowest BCUT2D eigenvalue weighted by Crippen LogP contribution is -2.40. The van der Waals surface area contributed by atoms with Gasteiger partial charge in [0, 0.05) is 18.1 Å². The average Bonchev–Trinajstić information content (AvgIpc) is 2.65. The summed E-state index contributed by atoms with van der Waals surface area (Å²) in [5, 5.41) is 3.34. The Morgan fingerprint density at radius 1 is 1.19 bits per heavy atom. The van der Waals surface area contributed by atoms with Gasteiger partial charge >= 0.3 is 0 Å². The van der Waals surface area contributed by atoms with Crippen LogP contribution in [0.2, 0.25) is 5.02 Å². The van der Waals surface area contributed by atoms with Crippen molar-refractivity contribution < 1.29 is 17.9 Å². The van der Waals surface area contributed by atoms with Crippen LogP contribution in [0.3, 0.4) is 0 Å². The summed E-state index contributed by atoms with van der Waals surface area (Å²) in [6.07, 6.45) is 0. The molecule has 0 aliphatic carbocycles. The summed E-state index contributed by atoms with van der Waals surface area (Å²) in [6, 6.07) is 12.0. The molecular weight excluding hydrogens is 388 g/mol. The first kappa shape index (κ1) is 21.2. The summed E-state index contributed by atoms with van der Waals surface area (Å²) in [7, 11) is -2.45. The number of amides is 1. The molecule has 2 aromatic carbocycles. The van der Waals surface area contributed by atoms with E-state index in [1.54, 1.807) is 56.3 Å². The number of halogens is 1. The van der Waals surface area contributed by atoms with Gasteiger partial charge in [-0.15, -0.1) is 0 Å². The number of rotatable bonds is 8. The minimum Gasteiger partial charge on any atom is -0.495 e. The Hall–Kier alpha value is -2.09. The van der Waals surface area contributed by atoms with Crippen molar-refractivity contribution in [2.45, 2.75) is 25.3 Å². The van der Waals surface area contributed by atoms with E-state index in [1.807, 2.05) is 0 Å². The fraction of sp³-hybridized carbons (Fsp3) is 0.316. The predicted molar refractivity (Wildman–Crippen MR) is 105 cm³/mol. The molecule has 2 aromatic rings. The molecule has 0 saturated heterocycles. The molecule has 8 heteroatoms. The minimum atomic E-state index is -3.87. The van der Waals surface area contributed by atoms with Gasteiger partial charge in [0.15, 0.2) is 0 Å². The standard InChI is InChI=1S/C19H23ClN2O4S/c1-4-22(13-19(23)21-12-15-6-8-16(20)9-7-15)27(24,25)18-11-14(2)5-10-17(18)26-3/h5-11H,4,12-13H2,1-3H3,(H,21,23). The number of ether oxygens (including phenoxy) is 1. The zero-order valence-corrected chi connectivity index (χ0v) is 17.1. The second-order valence-electron chi connectivity index (χ2n) is 5.99. The number of carbonyl (C=O) groups excluding carboxylic acids is 1. The van der Waals surface area contributed by atoms with E-state index in [0.717, 1.165) is 15.4 Å². The first-order chi connectivity index (χ1) is 12.8. The maximum absolute atomic E-state index is 13.0. The van der Waals surface area contributed by atoms with E-state index in [4.69, 9.17) is 16.3 Å². The normalized spacial score (nSPS) is 11.4. The van der Waals surface area contributed by atoms with Crippen LogP contribution >= 0.6 is 11.6 Å². The summed E-state index contributed by atoms with van der Waals surface area (Å²) in [6.45, 7) is 3.67. The van der Waals surface area contributed by atoms with Crippen LogP contribution in [0.4, 0.5) is 0 Å². The van der Waals surface area contributed by atoms with Crippen molar-refractivity contribution in [2.75, 3.05) is 20.2 Å². The number of methoxy groups -OCH3 is 1. The number of benzene rings is 2. The second-order valence-corrected chi connectivity index (χ2v) is 8.33. The van der Waals surface area contributed by atoms with Gasteiger partial charge < -0.3 is 10.1 Å². The Bertz CT molecular complexity index is 898. The monoisotopic (exact) mass is 410 g/mol. The zero-order chi connectivity index (χ0) is 20.0. The maximum Gasteiger partial charge on any atom is 0.247 e. The molecule has 0 spiro atoms. The number of hydrogen-bond donors (Lipinski definition) is 1. The van der Waals surface area contributed by atoms with E-state index < -0.39 is 10.0 Å². The van der Waals surface area contributed by atoms with Gasteiger partial charge in [0.05, 0.1) is 13.7 Å². The van der Waals surface area contributed by atoms with Gasteiger partial charge in [-0.2, -0.15) is 4.31 Å². The summed E-state index contributed by atoms with van der Waals surface area (Å²) < 4.78 is 32.3. The number of likely N-dealkylation sites (N-methyl/N-ethyl adjacent to an activating group) is 1. The number of carbonyl (C=O) groups is 1. The molecular formula is C19H23ClN2O4S. The molecule has 0 bridgehead atoms. The van der Waals surface area contributed by atoms with E-state index in [2.05, 4.69) is 5.32 Å². The Balaban J connectivity index is 2.12. The highest BCUT2D eigenvalue weighted by Gasteiger charge is 2.28. The molecule has 6 nitrogen and oxygen atoms in total. The largest absolute Gasteiger partial charge is 0.495 e. The Morgan fingerprint density at radius 3 is 2.44 bits per heavy atom. The van der Waals surface area contributed by atoms with Crippen molar-refractivity contribution >= 4 is 27.5 Å². The lowest BCUT2D eigenvalue weighted by atomic mass is 10.2. The average molecular weight is 411 g/mol. The molecule has 0 unspecified atom stereocenters. The van der Waals surface area contributed by atoms with Crippen LogP contribution in [0.1, 0.15) is 18.1 Å². The van der Waals surface area contributed by atoms with Crippen LogP contribution in [0.25, 0.3) is 0 Å². The molecule has 27 heavy (non-hydrogen) atoms. The number of aryl methyl sites for hydroxylation is 1. The fourth-order valence-corrected chi connectivity index (χ4v) is 4.28. The van der Waals surface area contributed by atoms with E-state index in [0.29, 0.717) is 11.6 Å². The molecule has 2 rings (SSSR count). The molecule has 0 atom stereocenters. The molecule has 146 valence electrons. The van der Waals surface area contributed by atoms with Crippen molar-refractivity contribution in [3.05, 3.63) is 58.6 Å². The molecule has 0 aliphatic rings. The van der Waals surface area contributed by atoms with E-state index >= 15 is 0 Å². The highest BCUT2D eigenvalue weighted by molar-refractivity contribution is 7.89. The summed E-state index contributed by atoms with van der Waals surface area (Å²) >= 11 is 5.84. The van der Waals surface area contributed by atoms with Crippen LogP contribution in [0, 0.1) is 6.92 Å². The van der Waals surface area contributed by atoms with Gasteiger partial charge in [0.25, 0.3) is 0 Å². The van der Waals surface area contributed by atoms with E-state index in [9.17, 15) is 13.2 Å². The quantitative estimate of drug-likeness (QED) is 0.725. The van der Waals surface area contributed by atoms with Crippen molar-refractivity contribution in [3.63, 3.8) is 0 Å². The number of nitrogens with one attached hydrogen (secondary N) is 1. The van der Waals surface area contributed by atoms with Gasteiger partial charge in [0.1, 0.15) is 10.6 Å². The molecule has 0 saturated carbocycles. The van der Waals surface area contributed by atoms with Gasteiger partial charge in [-0.1, -0.05) is 36.7 Å². The van der Waals surface area contributed by atoms with Crippen LogP contribution in [0.15, 0.2) is 47.4 Å². The van der Waals surface area contributed by atoms with Gasteiger partial charge in [-0.3, -0.25) is 4.79 Å². The second kappa shape index (κ2) is 9.21. The third kappa shape index (κ3) is 5.45. The fourth-order valence-electron chi connectivity index (χ4n) is 2.51. The van der Waals surface area contributed by atoms with Crippen LogP contribution < -0.4 is 10.1 Å². The Morgan fingerprint density at radius 2 is 1.85 bits per heavy atom. The first-order valence-corrected chi connectivity index (χ1v) is 10.3. The zero-order valence-electron chi connectivity index (χ0n) is 15.5. The predicted octanol–water partition coefficient (Wildman–Crippen LogP) is 2.98. The van der Waals surface area contributed by atoms with E-state index in [-0.39, 0.29) is 29.6 Å². The van der Waals surface area contributed by atoms with Crippen LogP contribution in [-0.4, -0.2) is 38.8 Å². The lowest BCUT2D eigenvalue weighted by Gasteiger charge is -2.21. The van der Waals surface area contributed by atoms with Crippen molar-refractivity contribution in [1.29, 1.82) is 0 Å². The summed E-state index contributed by atoms with van der Waals surface area (Å²) in [4.78, 5) is 12.3. The minimum absolute atomic E-state index is 0.0531. The molecule has 0 aliphatic heterocycles. The Kier molecular flexibility index (Phi) is 7.24. The van der Waals surface area contributed by atoms with Crippen molar-refractivity contribution in [1.82, 2.24) is 9.62 Å². The first-order valence-electron chi connectivity index (χ1n) is 8.44. The van der Waals surface area contributed by atoms with E-state index in [1.165, 1.54) is 7.11 Å². The number of hydrogen-bond acceptors (Lipinski definition) is 4. The molecule has 0 fully saturated rings. The summed E-state index contributed by atoms with van der Waals surface area (Å²) in [5.41, 5.74) is 1.66. The summed E-state index contributed by atoms with van der Waals surface area (Å²) in [5.74, 6) is -0.136. The van der Waals surface area contributed by atoms with Crippen molar-refractivity contribution in [2.24, 2.45) is 0 Å². The van der Waals surface area contributed by atoms with Gasteiger partial charge in [-0.25, -0.2) is 8.42 Å². The molecule has 1 amide bonds. The lowest BCUT2D eigenvalue weighted by molar-refractivity contribution is -0.121. The van der Waals surface area contributed by atoms with Crippen LogP contribution in [0.5, 0.6) is 5.75 Å². The maximum atomic E-state index is 13.0. The topological polar surface area (TPSA) is 75.7 Å². The van der Waals surface area contributed by atoms with Gasteiger partial charge in [0.2, 0.25) is 15.9 Å². The number of nitrogens with zero attached hydrogens (tertiary/aromatic N) is 1. The Labute approximate surface area is 165 Å². The van der Waals surface area contributed by atoms with Gasteiger partial charge in [-0.05, 0) is 42.3 Å². The SMILES string of the molecule is CCN(CC(=O)NCc1ccc(Cl)cc1)S(=O)(=O)c1cc(C)ccc1OC. The molecule has 0 aromatic heterocycles. The third-order valence-corrected chi connectivity index (χ3v) is 6.21. The third-order valence-electron chi connectivity index (χ3n) is 4.01.